The van der Waals surface area contributed by atoms with E-state index in [0.29, 0.717) is 23.1 Å². The SMILES string of the molecule is CC1CCCC(Nc2cc(C(N)=O)c(N)cn2)CC1. The normalized spacial score (nSPS) is 23.6. The summed E-state index contributed by atoms with van der Waals surface area (Å²) < 4.78 is 0. The molecule has 0 aromatic carbocycles. The number of primary amides is 1. The molecule has 2 rings (SSSR count). The molecular weight excluding hydrogens is 240 g/mol. The van der Waals surface area contributed by atoms with Gasteiger partial charge in [-0.25, -0.2) is 4.98 Å². The van der Waals surface area contributed by atoms with Gasteiger partial charge in [0.1, 0.15) is 5.82 Å². The molecule has 1 heterocycles. The van der Waals surface area contributed by atoms with Gasteiger partial charge in [-0.05, 0) is 31.2 Å². The van der Waals surface area contributed by atoms with Gasteiger partial charge in [-0.15, -0.1) is 0 Å². The van der Waals surface area contributed by atoms with Crippen LogP contribution in [0.1, 0.15) is 49.4 Å². The van der Waals surface area contributed by atoms with E-state index in [-0.39, 0.29) is 0 Å². The van der Waals surface area contributed by atoms with Gasteiger partial charge in [0.2, 0.25) is 0 Å². The zero-order valence-electron chi connectivity index (χ0n) is 11.4. The highest BCUT2D eigenvalue weighted by atomic mass is 16.1. The highest BCUT2D eigenvalue weighted by Crippen LogP contribution is 2.25. The molecule has 1 aliphatic rings. The minimum Gasteiger partial charge on any atom is -0.397 e. The largest absolute Gasteiger partial charge is 0.397 e. The van der Waals surface area contributed by atoms with Crippen molar-refractivity contribution < 1.29 is 4.79 Å². The number of amides is 1. The second-order valence-electron chi connectivity index (χ2n) is 5.48. The number of anilines is 2. The van der Waals surface area contributed by atoms with Crippen LogP contribution < -0.4 is 16.8 Å². The first kappa shape index (κ1) is 13.6. The number of nitrogen functional groups attached to an aromatic ring is 1. The van der Waals surface area contributed by atoms with Crippen LogP contribution in [0.3, 0.4) is 0 Å². The number of hydrogen-bond acceptors (Lipinski definition) is 4. The van der Waals surface area contributed by atoms with Crippen LogP contribution >= 0.6 is 0 Å². The first-order valence-corrected chi connectivity index (χ1v) is 6.88. The molecule has 5 N–H and O–H groups in total. The average Bonchev–Trinajstić information content (AvgIpc) is 2.56. The number of hydrogen-bond donors (Lipinski definition) is 3. The number of carbonyl (C=O) groups excluding carboxylic acids is 1. The summed E-state index contributed by atoms with van der Waals surface area (Å²) in [6.07, 6.45) is 7.52. The minimum absolute atomic E-state index is 0.326. The van der Waals surface area contributed by atoms with Gasteiger partial charge >= 0.3 is 0 Å². The van der Waals surface area contributed by atoms with Gasteiger partial charge in [0.15, 0.2) is 0 Å². The molecule has 0 spiro atoms. The molecule has 0 bridgehead atoms. The predicted octanol–water partition coefficient (Wildman–Crippen LogP) is 2.14. The van der Waals surface area contributed by atoms with E-state index >= 15 is 0 Å². The fourth-order valence-electron chi connectivity index (χ4n) is 2.60. The first-order chi connectivity index (χ1) is 9.06. The maximum Gasteiger partial charge on any atom is 0.250 e. The molecule has 5 nitrogen and oxygen atoms in total. The lowest BCUT2D eigenvalue weighted by atomic mass is 10.0. The molecular formula is C14H22N4O. The molecule has 1 amide bonds. The van der Waals surface area contributed by atoms with Crippen molar-refractivity contribution in [2.24, 2.45) is 11.7 Å². The number of nitrogens with one attached hydrogen (secondary N) is 1. The maximum atomic E-state index is 11.3. The van der Waals surface area contributed by atoms with Crippen molar-refractivity contribution in [1.29, 1.82) is 0 Å². The van der Waals surface area contributed by atoms with Crippen LogP contribution in [0.15, 0.2) is 12.3 Å². The molecule has 2 atom stereocenters. The Morgan fingerprint density at radius 1 is 1.37 bits per heavy atom. The topological polar surface area (TPSA) is 94.0 Å². The quantitative estimate of drug-likeness (QED) is 0.727. The molecule has 1 aromatic rings. The lowest BCUT2D eigenvalue weighted by molar-refractivity contribution is 0.100. The van der Waals surface area contributed by atoms with Gasteiger partial charge in [-0.3, -0.25) is 4.79 Å². The Hall–Kier alpha value is -1.78. The summed E-state index contributed by atoms with van der Waals surface area (Å²) in [6, 6.07) is 2.06. The van der Waals surface area contributed by atoms with Crippen LogP contribution in [0.5, 0.6) is 0 Å². The van der Waals surface area contributed by atoms with E-state index in [4.69, 9.17) is 11.5 Å². The van der Waals surface area contributed by atoms with Crippen molar-refractivity contribution >= 4 is 17.4 Å². The Morgan fingerprint density at radius 3 is 2.89 bits per heavy atom. The second-order valence-corrected chi connectivity index (χ2v) is 5.48. The van der Waals surface area contributed by atoms with E-state index in [1.165, 1.54) is 25.5 Å². The summed E-state index contributed by atoms with van der Waals surface area (Å²) in [6.45, 7) is 2.30. The lowest BCUT2D eigenvalue weighted by Crippen LogP contribution is -2.20. The number of pyridine rings is 1. The van der Waals surface area contributed by atoms with Crippen molar-refractivity contribution in [2.45, 2.75) is 45.1 Å². The van der Waals surface area contributed by atoms with Crippen molar-refractivity contribution in [2.75, 3.05) is 11.1 Å². The Labute approximate surface area is 113 Å². The van der Waals surface area contributed by atoms with Crippen molar-refractivity contribution in [3.8, 4) is 0 Å². The third kappa shape index (κ3) is 3.59. The number of nitrogens with two attached hydrogens (primary N) is 2. The summed E-state index contributed by atoms with van der Waals surface area (Å²) in [7, 11) is 0. The Morgan fingerprint density at radius 2 is 2.16 bits per heavy atom. The van der Waals surface area contributed by atoms with E-state index < -0.39 is 5.91 Å². The summed E-state index contributed by atoms with van der Waals surface area (Å²) >= 11 is 0. The monoisotopic (exact) mass is 262 g/mol. The third-order valence-corrected chi connectivity index (χ3v) is 3.81. The zero-order valence-corrected chi connectivity index (χ0v) is 11.4. The second kappa shape index (κ2) is 5.91. The fourth-order valence-corrected chi connectivity index (χ4v) is 2.60. The molecule has 5 heteroatoms. The van der Waals surface area contributed by atoms with Crippen molar-refractivity contribution in [1.82, 2.24) is 4.98 Å². The zero-order chi connectivity index (χ0) is 13.8. The molecule has 1 aliphatic carbocycles. The predicted molar refractivity (Wildman–Crippen MR) is 76.8 cm³/mol. The van der Waals surface area contributed by atoms with E-state index in [0.717, 1.165) is 18.8 Å². The average molecular weight is 262 g/mol. The molecule has 0 saturated heterocycles. The van der Waals surface area contributed by atoms with Crippen molar-refractivity contribution in [3.63, 3.8) is 0 Å². The highest BCUT2D eigenvalue weighted by molar-refractivity contribution is 5.98. The molecule has 104 valence electrons. The smallest absolute Gasteiger partial charge is 0.250 e. The van der Waals surface area contributed by atoms with Crippen LogP contribution in [0.25, 0.3) is 0 Å². The number of nitrogens with zero attached hydrogens (tertiary/aromatic N) is 1. The standard InChI is InChI=1S/C14H22N4O/c1-9-3-2-4-10(6-5-9)18-13-7-11(14(16)19)12(15)8-17-13/h7-10H,2-6,15H2,1H3,(H2,16,19)(H,17,18). The molecule has 19 heavy (non-hydrogen) atoms. The van der Waals surface area contributed by atoms with E-state index in [1.807, 2.05) is 0 Å². The summed E-state index contributed by atoms with van der Waals surface area (Å²) in [5.41, 5.74) is 11.6. The van der Waals surface area contributed by atoms with E-state index in [9.17, 15) is 4.79 Å². The van der Waals surface area contributed by atoms with E-state index in [2.05, 4.69) is 17.2 Å². The first-order valence-electron chi connectivity index (χ1n) is 6.88. The molecule has 1 aromatic heterocycles. The highest BCUT2D eigenvalue weighted by Gasteiger charge is 2.17. The maximum absolute atomic E-state index is 11.3. The Balaban J connectivity index is 2.06. The van der Waals surface area contributed by atoms with Crippen LogP contribution in [-0.2, 0) is 0 Å². The van der Waals surface area contributed by atoms with Gasteiger partial charge in [-0.1, -0.05) is 19.8 Å². The van der Waals surface area contributed by atoms with Crippen LogP contribution in [0, 0.1) is 5.92 Å². The number of carbonyl (C=O) groups is 1. The van der Waals surface area contributed by atoms with Gasteiger partial charge in [0, 0.05) is 6.04 Å². The minimum atomic E-state index is -0.516. The summed E-state index contributed by atoms with van der Waals surface area (Å²) in [5.74, 6) is 0.965. The van der Waals surface area contributed by atoms with Gasteiger partial charge in [-0.2, -0.15) is 0 Å². The van der Waals surface area contributed by atoms with Crippen LogP contribution in [0.4, 0.5) is 11.5 Å². The summed E-state index contributed by atoms with van der Waals surface area (Å²) in [4.78, 5) is 15.5. The Bertz CT molecular complexity index is 461. The molecule has 0 radical (unpaired) electrons. The molecule has 1 saturated carbocycles. The van der Waals surface area contributed by atoms with Crippen molar-refractivity contribution in [3.05, 3.63) is 17.8 Å². The van der Waals surface area contributed by atoms with Gasteiger partial charge in [0.25, 0.3) is 5.91 Å². The number of rotatable bonds is 3. The van der Waals surface area contributed by atoms with E-state index in [1.54, 1.807) is 6.07 Å². The molecule has 1 fully saturated rings. The van der Waals surface area contributed by atoms with Crippen LogP contribution in [-0.4, -0.2) is 16.9 Å². The number of aromatic nitrogens is 1. The molecule has 2 unspecified atom stereocenters. The fraction of sp³-hybridized carbons (Fsp3) is 0.571. The lowest BCUT2D eigenvalue weighted by Gasteiger charge is -2.17. The summed E-state index contributed by atoms with van der Waals surface area (Å²) in [5, 5.41) is 3.39. The van der Waals surface area contributed by atoms with Gasteiger partial charge in [0.05, 0.1) is 17.4 Å². The molecule has 0 aliphatic heterocycles. The third-order valence-electron chi connectivity index (χ3n) is 3.81. The van der Waals surface area contributed by atoms with Gasteiger partial charge < -0.3 is 16.8 Å². The Kier molecular flexibility index (Phi) is 4.24. The van der Waals surface area contributed by atoms with Crippen LogP contribution in [0.2, 0.25) is 0 Å².